The number of rotatable bonds is 9. The molecule has 0 atom stereocenters. The van der Waals surface area contributed by atoms with Crippen molar-refractivity contribution >= 4 is 18.0 Å². The Labute approximate surface area is 158 Å². The van der Waals surface area contributed by atoms with Crippen LogP contribution in [0.15, 0.2) is 53.6 Å². The van der Waals surface area contributed by atoms with Gasteiger partial charge >= 0.3 is 0 Å². The van der Waals surface area contributed by atoms with Crippen LogP contribution in [0.4, 0.5) is 0 Å². The van der Waals surface area contributed by atoms with Gasteiger partial charge in [-0.05, 0) is 42.8 Å². The Hall–Kier alpha value is -3.35. The molecule has 0 spiro atoms. The first-order valence-electron chi connectivity index (χ1n) is 8.60. The molecule has 0 bridgehead atoms. The number of ether oxygens (including phenoxy) is 2. The van der Waals surface area contributed by atoms with Gasteiger partial charge in [0.15, 0.2) is 0 Å². The quantitative estimate of drug-likeness (QED) is 0.525. The van der Waals surface area contributed by atoms with Crippen LogP contribution in [0.25, 0.3) is 0 Å². The van der Waals surface area contributed by atoms with Gasteiger partial charge in [0.05, 0.1) is 26.5 Å². The Balaban J connectivity index is 1.79. The van der Waals surface area contributed by atoms with Crippen molar-refractivity contribution in [3.05, 3.63) is 59.7 Å². The molecule has 0 saturated heterocycles. The summed E-state index contributed by atoms with van der Waals surface area (Å²) in [4.78, 5) is 23.9. The summed E-state index contributed by atoms with van der Waals surface area (Å²) >= 11 is 0. The molecule has 2 aromatic carbocycles. The molecule has 0 fully saturated rings. The Kier molecular flexibility index (Phi) is 7.84. The Morgan fingerprint density at radius 3 is 2.56 bits per heavy atom. The van der Waals surface area contributed by atoms with E-state index >= 15 is 0 Å². The highest BCUT2D eigenvalue weighted by Gasteiger charge is 2.08. The molecule has 2 aromatic rings. The van der Waals surface area contributed by atoms with Crippen LogP contribution < -0.4 is 20.2 Å². The third kappa shape index (κ3) is 6.47. The summed E-state index contributed by atoms with van der Waals surface area (Å²) < 4.78 is 10.7. The molecule has 2 amide bonds. The molecular formula is C20H23N3O4. The molecule has 0 aliphatic heterocycles. The summed E-state index contributed by atoms with van der Waals surface area (Å²) in [6.45, 7) is 2.46. The summed E-state index contributed by atoms with van der Waals surface area (Å²) in [5, 5.41) is 6.41. The third-order valence-corrected chi connectivity index (χ3v) is 3.53. The first-order valence-corrected chi connectivity index (χ1v) is 8.60. The van der Waals surface area contributed by atoms with Crippen molar-refractivity contribution in [3.63, 3.8) is 0 Å². The molecular weight excluding hydrogens is 346 g/mol. The van der Waals surface area contributed by atoms with Gasteiger partial charge in [0.1, 0.15) is 11.5 Å². The molecule has 0 aliphatic rings. The number of carbonyl (C=O) groups is 2. The zero-order valence-corrected chi connectivity index (χ0v) is 15.4. The summed E-state index contributed by atoms with van der Waals surface area (Å²) in [5.41, 5.74) is 3.54. The fourth-order valence-corrected chi connectivity index (χ4v) is 2.17. The molecule has 7 heteroatoms. The predicted octanol–water partition coefficient (Wildman–Crippen LogP) is 2.36. The molecule has 0 saturated carbocycles. The number of methoxy groups -OCH3 is 1. The molecule has 2 N–H and O–H groups in total. The van der Waals surface area contributed by atoms with E-state index < -0.39 is 5.91 Å². The van der Waals surface area contributed by atoms with Crippen LogP contribution in [-0.4, -0.2) is 38.3 Å². The molecule has 0 radical (unpaired) electrons. The van der Waals surface area contributed by atoms with E-state index in [2.05, 4.69) is 15.8 Å². The standard InChI is InChI=1S/C20H23N3O4/c1-3-12-27-17-10-8-15(9-11-17)20(25)21-14-19(24)23-22-13-16-6-4-5-7-18(16)26-2/h4-11,13H,3,12,14H2,1-2H3,(H,21,25)(H,23,24). The van der Waals surface area contributed by atoms with Crippen LogP contribution in [0.1, 0.15) is 29.3 Å². The number of nitrogens with zero attached hydrogens (tertiary/aromatic N) is 1. The minimum Gasteiger partial charge on any atom is -0.496 e. The highest BCUT2D eigenvalue weighted by molar-refractivity contribution is 5.96. The van der Waals surface area contributed by atoms with E-state index in [1.54, 1.807) is 37.4 Å². The number of hydrogen-bond acceptors (Lipinski definition) is 5. The number of amides is 2. The Morgan fingerprint density at radius 1 is 1.11 bits per heavy atom. The SMILES string of the molecule is CCCOc1ccc(C(=O)NCC(=O)NN=Cc2ccccc2OC)cc1. The lowest BCUT2D eigenvalue weighted by molar-refractivity contribution is -0.120. The predicted molar refractivity (Wildman–Crippen MR) is 103 cm³/mol. The molecule has 0 aromatic heterocycles. The zero-order valence-electron chi connectivity index (χ0n) is 15.4. The summed E-state index contributed by atoms with van der Waals surface area (Å²) in [6, 6.07) is 14.0. The van der Waals surface area contributed by atoms with Gasteiger partial charge in [-0.2, -0.15) is 5.10 Å². The van der Waals surface area contributed by atoms with Crippen molar-refractivity contribution in [3.8, 4) is 11.5 Å². The summed E-state index contributed by atoms with van der Waals surface area (Å²) in [7, 11) is 1.56. The van der Waals surface area contributed by atoms with Crippen LogP contribution >= 0.6 is 0 Å². The van der Waals surface area contributed by atoms with Gasteiger partial charge in [0.2, 0.25) is 0 Å². The normalized spacial score (nSPS) is 10.4. The number of carbonyl (C=O) groups excluding carboxylic acids is 2. The van der Waals surface area contributed by atoms with E-state index in [1.807, 2.05) is 25.1 Å². The number of nitrogens with one attached hydrogen (secondary N) is 2. The maximum absolute atomic E-state index is 12.1. The van der Waals surface area contributed by atoms with Gasteiger partial charge in [-0.25, -0.2) is 5.43 Å². The summed E-state index contributed by atoms with van der Waals surface area (Å²) in [6.07, 6.45) is 2.39. The number of hydrogen-bond donors (Lipinski definition) is 2. The molecule has 142 valence electrons. The van der Waals surface area contributed by atoms with Crippen molar-refractivity contribution in [2.24, 2.45) is 5.10 Å². The highest BCUT2D eigenvalue weighted by atomic mass is 16.5. The molecule has 7 nitrogen and oxygen atoms in total. The van der Waals surface area contributed by atoms with Crippen LogP contribution in [0.5, 0.6) is 11.5 Å². The minimum atomic E-state index is -0.433. The van der Waals surface area contributed by atoms with Crippen molar-refractivity contribution in [2.45, 2.75) is 13.3 Å². The number of para-hydroxylation sites is 1. The van der Waals surface area contributed by atoms with Crippen molar-refractivity contribution in [2.75, 3.05) is 20.3 Å². The molecule has 27 heavy (non-hydrogen) atoms. The van der Waals surface area contributed by atoms with Gasteiger partial charge in [-0.3, -0.25) is 9.59 Å². The van der Waals surface area contributed by atoms with E-state index in [4.69, 9.17) is 9.47 Å². The van der Waals surface area contributed by atoms with Crippen LogP contribution in [0.3, 0.4) is 0 Å². The first kappa shape index (κ1) is 20.0. The monoisotopic (exact) mass is 369 g/mol. The highest BCUT2D eigenvalue weighted by Crippen LogP contribution is 2.14. The van der Waals surface area contributed by atoms with E-state index in [9.17, 15) is 9.59 Å². The van der Waals surface area contributed by atoms with E-state index in [0.717, 1.165) is 12.0 Å². The minimum absolute atomic E-state index is 0.184. The Morgan fingerprint density at radius 2 is 1.85 bits per heavy atom. The second-order valence-corrected chi connectivity index (χ2v) is 5.59. The lowest BCUT2D eigenvalue weighted by Gasteiger charge is -2.07. The topological polar surface area (TPSA) is 89.0 Å². The van der Waals surface area contributed by atoms with Crippen LogP contribution in [0, 0.1) is 0 Å². The van der Waals surface area contributed by atoms with Crippen molar-refractivity contribution in [1.82, 2.24) is 10.7 Å². The molecule has 0 aliphatic carbocycles. The fourth-order valence-electron chi connectivity index (χ4n) is 2.17. The lowest BCUT2D eigenvalue weighted by Crippen LogP contribution is -2.34. The average molecular weight is 369 g/mol. The smallest absolute Gasteiger partial charge is 0.259 e. The lowest BCUT2D eigenvalue weighted by atomic mass is 10.2. The van der Waals surface area contributed by atoms with Gasteiger partial charge < -0.3 is 14.8 Å². The second kappa shape index (κ2) is 10.6. The number of benzene rings is 2. The van der Waals surface area contributed by atoms with Gasteiger partial charge in [-0.1, -0.05) is 19.1 Å². The fraction of sp³-hybridized carbons (Fsp3) is 0.250. The molecule has 0 heterocycles. The van der Waals surface area contributed by atoms with Crippen molar-refractivity contribution < 1.29 is 19.1 Å². The van der Waals surface area contributed by atoms with E-state index in [1.165, 1.54) is 6.21 Å². The second-order valence-electron chi connectivity index (χ2n) is 5.59. The largest absolute Gasteiger partial charge is 0.496 e. The van der Waals surface area contributed by atoms with Gasteiger partial charge in [0.25, 0.3) is 11.8 Å². The van der Waals surface area contributed by atoms with E-state index in [-0.39, 0.29) is 12.5 Å². The maximum Gasteiger partial charge on any atom is 0.259 e. The maximum atomic E-state index is 12.1. The molecule has 0 unspecified atom stereocenters. The molecule has 2 rings (SSSR count). The van der Waals surface area contributed by atoms with Gasteiger partial charge in [-0.15, -0.1) is 0 Å². The van der Waals surface area contributed by atoms with Gasteiger partial charge in [0, 0.05) is 11.1 Å². The number of hydrazone groups is 1. The van der Waals surface area contributed by atoms with Crippen molar-refractivity contribution in [1.29, 1.82) is 0 Å². The average Bonchev–Trinajstić information content (AvgIpc) is 2.71. The zero-order chi connectivity index (χ0) is 19.5. The first-order chi connectivity index (χ1) is 13.1. The Bertz CT molecular complexity index is 788. The van der Waals surface area contributed by atoms with Crippen LogP contribution in [-0.2, 0) is 4.79 Å². The third-order valence-electron chi connectivity index (χ3n) is 3.53. The van der Waals surface area contributed by atoms with E-state index in [0.29, 0.717) is 23.7 Å². The van der Waals surface area contributed by atoms with Crippen LogP contribution in [0.2, 0.25) is 0 Å². The summed E-state index contributed by atoms with van der Waals surface area (Å²) in [5.74, 6) is 0.574.